The first kappa shape index (κ1) is 18.4. The molecule has 3 rings (SSSR count). The van der Waals surface area contributed by atoms with Crippen molar-refractivity contribution in [2.45, 2.75) is 20.3 Å². The predicted octanol–water partition coefficient (Wildman–Crippen LogP) is 1.67. The number of hydrogen-bond acceptors (Lipinski definition) is 3. The Morgan fingerprint density at radius 3 is 2.04 bits per heavy atom. The number of amides is 1. The van der Waals surface area contributed by atoms with Gasteiger partial charge in [-0.25, -0.2) is 0 Å². The van der Waals surface area contributed by atoms with Crippen molar-refractivity contribution in [3.63, 3.8) is 0 Å². The molecule has 1 aromatic carbocycles. The Bertz CT molecular complexity index is 690. The molecule has 2 heterocycles. The molecule has 2 aliphatic heterocycles. The van der Waals surface area contributed by atoms with Gasteiger partial charge in [0.1, 0.15) is 0 Å². The minimum absolute atomic E-state index is 0.0298. The van der Waals surface area contributed by atoms with Crippen molar-refractivity contribution in [2.75, 3.05) is 39.3 Å². The quantitative estimate of drug-likeness (QED) is 0.819. The van der Waals surface area contributed by atoms with Crippen LogP contribution in [0.1, 0.15) is 30.6 Å². The Balaban J connectivity index is 1.62. The van der Waals surface area contributed by atoms with E-state index in [-0.39, 0.29) is 5.91 Å². The molecule has 0 N–H and O–H groups in total. The second kappa shape index (κ2) is 7.43. The molecule has 0 spiro atoms. The summed E-state index contributed by atoms with van der Waals surface area (Å²) in [5.41, 5.74) is 0.650. The van der Waals surface area contributed by atoms with E-state index < -0.39 is 10.2 Å². The summed E-state index contributed by atoms with van der Waals surface area (Å²) in [6.45, 7) is 6.99. The molecule has 25 heavy (non-hydrogen) atoms. The average Bonchev–Trinajstić information content (AvgIpc) is 2.61. The lowest BCUT2D eigenvalue weighted by Crippen LogP contribution is -2.56. The van der Waals surface area contributed by atoms with Crippen molar-refractivity contribution >= 4 is 16.1 Å². The number of benzene rings is 1. The van der Waals surface area contributed by atoms with E-state index >= 15 is 0 Å². The van der Waals surface area contributed by atoms with Gasteiger partial charge in [-0.05, 0) is 30.4 Å². The van der Waals surface area contributed by atoms with E-state index in [4.69, 9.17) is 0 Å². The van der Waals surface area contributed by atoms with E-state index in [1.807, 2.05) is 18.2 Å². The van der Waals surface area contributed by atoms with E-state index in [1.165, 1.54) is 4.31 Å². The fourth-order valence-corrected chi connectivity index (χ4v) is 5.68. The number of piperidine rings is 1. The third-order valence-corrected chi connectivity index (χ3v) is 7.00. The molecule has 0 radical (unpaired) electrons. The van der Waals surface area contributed by atoms with Crippen LogP contribution in [0.2, 0.25) is 0 Å². The summed E-state index contributed by atoms with van der Waals surface area (Å²) in [6.07, 6.45) is 1.07. The second-order valence-electron chi connectivity index (χ2n) is 7.33. The maximum Gasteiger partial charge on any atom is 0.282 e. The molecular formula is C18H27N3O3S. The molecule has 6 nitrogen and oxygen atoms in total. The number of hydrogen-bond donors (Lipinski definition) is 0. The van der Waals surface area contributed by atoms with E-state index in [1.54, 1.807) is 21.3 Å². The summed E-state index contributed by atoms with van der Waals surface area (Å²) in [5.74, 6) is 0.747. The minimum Gasteiger partial charge on any atom is -0.336 e. The van der Waals surface area contributed by atoms with Gasteiger partial charge in [-0.2, -0.15) is 17.0 Å². The fraction of sp³-hybridized carbons (Fsp3) is 0.611. The van der Waals surface area contributed by atoms with E-state index in [0.717, 1.165) is 6.42 Å². The van der Waals surface area contributed by atoms with Gasteiger partial charge < -0.3 is 4.90 Å². The van der Waals surface area contributed by atoms with E-state index in [0.29, 0.717) is 56.7 Å². The summed E-state index contributed by atoms with van der Waals surface area (Å²) in [6, 6.07) is 9.14. The molecule has 0 aromatic heterocycles. The van der Waals surface area contributed by atoms with E-state index in [2.05, 4.69) is 13.8 Å². The van der Waals surface area contributed by atoms with Crippen LogP contribution in [0.5, 0.6) is 0 Å². The van der Waals surface area contributed by atoms with Gasteiger partial charge >= 0.3 is 0 Å². The van der Waals surface area contributed by atoms with Gasteiger partial charge in [0.15, 0.2) is 0 Å². The molecule has 1 aromatic rings. The number of piperazine rings is 1. The van der Waals surface area contributed by atoms with Crippen LogP contribution >= 0.6 is 0 Å². The van der Waals surface area contributed by atoms with Crippen molar-refractivity contribution in [1.82, 2.24) is 13.5 Å². The molecule has 1 amide bonds. The van der Waals surface area contributed by atoms with Gasteiger partial charge in [0.25, 0.3) is 16.1 Å². The molecule has 7 heteroatoms. The Morgan fingerprint density at radius 2 is 1.48 bits per heavy atom. The molecule has 0 aliphatic carbocycles. The lowest BCUT2D eigenvalue weighted by Gasteiger charge is -2.40. The van der Waals surface area contributed by atoms with Crippen LogP contribution in [0.15, 0.2) is 30.3 Å². The first-order valence-corrected chi connectivity index (χ1v) is 10.4. The maximum atomic E-state index is 12.9. The molecular weight excluding hydrogens is 338 g/mol. The average molecular weight is 365 g/mol. The lowest BCUT2D eigenvalue weighted by molar-refractivity contribution is 0.0691. The van der Waals surface area contributed by atoms with Crippen molar-refractivity contribution in [1.29, 1.82) is 0 Å². The Hall–Kier alpha value is -1.44. The maximum absolute atomic E-state index is 12.9. The van der Waals surface area contributed by atoms with Gasteiger partial charge in [-0.15, -0.1) is 0 Å². The van der Waals surface area contributed by atoms with Crippen molar-refractivity contribution in [3.05, 3.63) is 35.9 Å². The number of rotatable bonds is 3. The van der Waals surface area contributed by atoms with E-state index in [9.17, 15) is 13.2 Å². The first-order valence-electron chi connectivity index (χ1n) is 8.97. The summed E-state index contributed by atoms with van der Waals surface area (Å²) < 4.78 is 29.0. The van der Waals surface area contributed by atoms with Crippen molar-refractivity contribution < 1.29 is 13.2 Å². The Labute approximate surface area is 150 Å². The van der Waals surface area contributed by atoms with Crippen LogP contribution in [-0.2, 0) is 10.2 Å². The molecule has 0 bridgehead atoms. The molecule has 2 fully saturated rings. The highest BCUT2D eigenvalue weighted by atomic mass is 32.2. The molecule has 138 valence electrons. The normalized spacial score (nSPS) is 26.6. The first-order chi connectivity index (χ1) is 11.9. The van der Waals surface area contributed by atoms with Crippen LogP contribution < -0.4 is 0 Å². The third-order valence-electron chi connectivity index (χ3n) is 5.03. The van der Waals surface area contributed by atoms with Crippen molar-refractivity contribution in [3.8, 4) is 0 Å². The zero-order valence-electron chi connectivity index (χ0n) is 15.0. The number of carbonyl (C=O) groups is 1. The lowest BCUT2D eigenvalue weighted by atomic mass is 9.94. The predicted molar refractivity (Wildman–Crippen MR) is 97.4 cm³/mol. The highest BCUT2D eigenvalue weighted by Gasteiger charge is 2.36. The summed E-state index contributed by atoms with van der Waals surface area (Å²) in [7, 11) is -3.44. The van der Waals surface area contributed by atoms with Crippen LogP contribution in [0, 0.1) is 11.8 Å². The number of nitrogens with zero attached hydrogens (tertiary/aromatic N) is 3. The highest BCUT2D eigenvalue weighted by Crippen LogP contribution is 2.25. The van der Waals surface area contributed by atoms with Gasteiger partial charge in [0.05, 0.1) is 0 Å². The minimum atomic E-state index is -3.44. The van der Waals surface area contributed by atoms with Gasteiger partial charge in [-0.3, -0.25) is 4.79 Å². The van der Waals surface area contributed by atoms with Crippen LogP contribution in [0.4, 0.5) is 0 Å². The Kier molecular flexibility index (Phi) is 5.46. The van der Waals surface area contributed by atoms with Crippen LogP contribution in [-0.4, -0.2) is 67.1 Å². The van der Waals surface area contributed by atoms with Gasteiger partial charge in [0, 0.05) is 44.8 Å². The topological polar surface area (TPSA) is 60.9 Å². The third kappa shape index (κ3) is 4.04. The number of carbonyl (C=O) groups excluding carboxylic acids is 1. The SMILES string of the molecule is CC1CC(C)CN(S(=O)(=O)N2CCN(C(=O)c3ccccc3)CC2)C1. The second-order valence-corrected chi connectivity index (χ2v) is 9.26. The Morgan fingerprint density at radius 1 is 0.920 bits per heavy atom. The van der Waals surface area contributed by atoms with Gasteiger partial charge in [-0.1, -0.05) is 32.0 Å². The molecule has 2 saturated heterocycles. The molecule has 2 unspecified atom stereocenters. The van der Waals surface area contributed by atoms with Crippen LogP contribution in [0.25, 0.3) is 0 Å². The zero-order valence-corrected chi connectivity index (χ0v) is 15.8. The summed E-state index contributed by atoms with van der Waals surface area (Å²) >= 11 is 0. The fourth-order valence-electron chi connectivity index (χ4n) is 3.84. The summed E-state index contributed by atoms with van der Waals surface area (Å²) in [4.78, 5) is 14.2. The van der Waals surface area contributed by atoms with Gasteiger partial charge in [0.2, 0.25) is 0 Å². The summed E-state index contributed by atoms with van der Waals surface area (Å²) in [5, 5.41) is 0. The zero-order chi connectivity index (χ0) is 18.0. The molecule has 0 saturated carbocycles. The molecule has 2 atom stereocenters. The standard InChI is InChI=1S/C18H27N3O3S/c1-15-12-16(2)14-21(13-15)25(23,24)20-10-8-19(9-11-20)18(22)17-6-4-3-5-7-17/h3-7,15-16H,8-14H2,1-2H3. The van der Waals surface area contributed by atoms with Crippen molar-refractivity contribution in [2.24, 2.45) is 11.8 Å². The van der Waals surface area contributed by atoms with Crippen LogP contribution in [0.3, 0.4) is 0 Å². The highest BCUT2D eigenvalue weighted by molar-refractivity contribution is 7.86. The molecule has 2 aliphatic rings. The smallest absolute Gasteiger partial charge is 0.282 e. The monoisotopic (exact) mass is 365 g/mol. The largest absolute Gasteiger partial charge is 0.336 e.